The summed E-state index contributed by atoms with van der Waals surface area (Å²) in [5.41, 5.74) is 11.6. The average Bonchev–Trinajstić information content (AvgIpc) is 2.80. The Morgan fingerprint density at radius 3 is 1.89 bits per heavy atom. The SMILES string of the molecule is CC(C)CC(N)C(=O)NC(CCC(N)=O)C(=O)NC(CC(=O)O)C(=O)NC(Cc1ccccc1)C(=O)O. The van der Waals surface area contributed by atoms with Crippen LogP contribution in [0.3, 0.4) is 0 Å². The van der Waals surface area contributed by atoms with Gasteiger partial charge >= 0.3 is 11.9 Å². The fraction of sp³-hybridized carbons (Fsp3) is 0.500. The largest absolute Gasteiger partial charge is 0.481 e. The number of carboxylic acids is 2. The van der Waals surface area contributed by atoms with Gasteiger partial charge in [-0.3, -0.25) is 24.0 Å². The average molecular weight is 522 g/mol. The highest BCUT2D eigenvalue weighted by molar-refractivity contribution is 5.95. The Morgan fingerprint density at radius 1 is 0.838 bits per heavy atom. The number of rotatable bonds is 16. The minimum absolute atomic E-state index is 0.0827. The zero-order chi connectivity index (χ0) is 28.1. The van der Waals surface area contributed by atoms with Crippen LogP contribution in [0.5, 0.6) is 0 Å². The number of carbonyl (C=O) groups is 6. The Balaban J connectivity index is 3.03. The molecule has 9 N–H and O–H groups in total. The van der Waals surface area contributed by atoms with Crippen LogP contribution in [0.25, 0.3) is 0 Å². The molecule has 0 aliphatic rings. The van der Waals surface area contributed by atoms with E-state index in [1.54, 1.807) is 30.3 Å². The lowest BCUT2D eigenvalue weighted by Crippen LogP contribution is -2.57. The van der Waals surface area contributed by atoms with Gasteiger partial charge in [-0.2, -0.15) is 0 Å². The second-order valence-electron chi connectivity index (χ2n) is 9.05. The predicted molar refractivity (Wildman–Crippen MR) is 132 cm³/mol. The Morgan fingerprint density at radius 2 is 1.38 bits per heavy atom. The first kappa shape index (κ1) is 31.0. The fourth-order valence-corrected chi connectivity index (χ4v) is 3.43. The molecule has 0 radical (unpaired) electrons. The first-order chi connectivity index (χ1) is 17.3. The van der Waals surface area contributed by atoms with E-state index in [1.807, 2.05) is 13.8 Å². The second kappa shape index (κ2) is 15.2. The van der Waals surface area contributed by atoms with Crippen molar-refractivity contribution in [2.45, 2.75) is 70.1 Å². The molecule has 13 nitrogen and oxygen atoms in total. The van der Waals surface area contributed by atoms with Crippen molar-refractivity contribution in [3.05, 3.63) is 35.9 Å². The van der Waals surface area contributed by atoms with E-state index in [2.05, 4.69) is 16.0 Å². The molecule has 4 unspecified atom stereocenters. The Bertz CT molecular complexity index is 969. The van der Waals surface area contributed by atoms with Crippen molar-refractivity contribution < 1.29 is 39.0 Å². The normalized spacial score (nSPS) is 14.1. The molecule has 13 heteroatoms. The quantitative estimate of drug-likeness (QED) is 0.139. The lowest BCUT2D eigenvalue weighted by Gasteiger charge is -2.24. The molecule has 1 aromatic rings. The van der Waals surface area contributed by atoms with Gasteiger partial charge in [-0.15, -0.1) is 0 Å². The highest BCUT2D eigenvalue weighted by atomic mass is 16.4. The molecule has 0 aromatic heterocycles. The molecule has 0 aliphatic carbocycles. The number of nitrogens with two attached hydrogens (primary N) is 2. The zero-order valence-electron chi connectivity index (χ0n) is 20.8. The lowest BCUT2D eigenvalue weighted by atomic mass is 10.0. The summed E-state index contributed by atoms with van der Waals surface area (Å²) >= 11 is 0. The molecule has 204 valence electrons. The minimum Gasteiger partial charge on any atom is -0.481 e. The summed E-state index contributed by atoms with van der Waals surface area (Å²) in [4.78, 5) is 72.5. The second-order valence-corrected chi connectivity index (χ2v) is 9.05. The van der Waals surface area contributed by atoms with E-state index in [1.165, 1.54) is 0 Å². The third-order valence-electron chi connectivity index (χ3n) is 5.28. The summed E-state index contributed by atoms with van der Waals surface area (Å²) in [6.07, 6.45) is -1.14. The standard InChI is InChI=1S/C24H35N5O8/c1-13(2)10-15(25)21(33)27-16(8-9-19(26)30)22(34)28-17(12-20(31)32)23(35)29-18(24(36)37)11-14-6-4-3-5-7-14/h3-7,13,15-18H,8-12,25H2,1-2H3,(H2,26,30)(H,27,33)(H,28,34)(H,29,35)(H,31,32)(H,36,37). The Labute approximate surface area is 214 Å². The summed E-state index contributed by atoms with van der Waals surface area (Å²) in [5, 5.41) is 25.7. The van der Waals surface area contributed by atoms with E-state index >= 15 is 0 Å². The van der Waals surface area contributed by atoms with Gasteiger partial charge in [0.05, 0.1) is 12.5 Å². The van der Waals surface area contributed by atoms with E-state index in [0.29, 0.717) is 12.0 Å². The van der Waals surface area contributed by atoms with Gasteiger partial charge in [0.2, 0.25) is 23.6 Å². The molecule has 0 spiro atoms. The highest BCUT2D eigenvalue weighted by Gasteiger charge is 2.32. The number of primary amides is 1. The van der Waals surface area contributed by atoms with Crippen molar-refractivity contribution in [3.63, 3.8) is 0 Å². The number of carbonyl (C=O) groups excluding carboxylic acids is 4. The van der Waals surface area contributed by atoms with Gasteiger partial charge in [0.25, 0.3) is 0 Å². The summed E-state index contributed by atoms with van der Waals surface area (Å²) < 4.78 is 0. The Kier molecular flexibility index (Phi) is 12.7. The van der Waals surface area contributed by atoms with Crippen molar-refractivity contribution in [1.29, 1.82) is 0 Å². The summed E-state index contributed by atoms with van der Waals surface area (Å²) in [6.45, 7) is 3.70. The molecule has 0 heterocycles. The van der Waals surface area contributed by atoms with Gasteiger partial charge in [-0.05, 0) is 24.3 Å². The maximum atomic E-state index is 12.9. The third kappa shape index (κ3) is 12.0. The van der Waals surface area contributed by atoms with Gasteiger partial charge in [0.1, 0.15) is 18.1 Å². The van der Waals surface area contributed by atoms with E-state index in [9.17, 15) is 39.0 Å². The van der Waals surface area contributed by atoms with Crippen molar-refractivity contribution in [1.82, 2.24) is 16.0 Å². The summed E-state index contributed by atoms with van der Waals surface area (Å²) in [6, 6.07) is 3.08. The van der Waals surface area contributed by atoms with Gasteiger partial charge in [0, 0.05) is 12.8 Å². The van der Waals surface area contributed by atoms with Crippen molar-refractivity contribution in [2.75, 3.05) is 0 Å². The van der Waals surface area contributed by atoms with E-state index in [0.717, 1.165) is 0 Å². The lowest BCUT2D eigenvalue weighted by molar-refractivity contribution is -0.143. The molecule has 4 amide bonds. The fourth-order valence-electron chi connectivity index (χ4n) is 3.43. The van der Waals surface area contributed by atoms with Gasteiger partial charge in [-0.1, -0.05) is 44.2 Å². The molecule has 4 atom stereocenters. The minimum atomic E-state index is -1.67. The zero-order valence-corrected chi connectivity index (χ0v) is 20.8. The molecule has 0 saturated carbocycles. The first-order valence-corrected chi connectivity index (χ1v) is 11.7. The van der Waals surface area contributed by atoms with Gasteiger partial charge in [0.15, 0.2) is 0 Å². The van der Waals surface area contributed by atoms with Crippen LogP contribution < -0.4 is 27.4 Å². The molecule has 0 saturated heterocycles. The molecule has 0 fully saturated rings. The van der Waals surface area contributed by atoms with Crippen LogP contribution in [0, 0.1) is 5.92 Å². The number of aliphatic carboxylic acids is 2. The molecule has 0 aliphatic heterocycles. The first-order valence-electron chi connectivity index (χ1n) is 11.7. The van der Waals surface area contributed by atoms with Crippen LogP contribution in [-0.2, 0) is 35.2 Å². The maximum Gasteiger partial charge on any atom is 0.326 e. The van der Waals surface area contributed by atoms with Gasteiger partial charge in [-0.25, -0.2) is 4.79 Å². The van der Waals surface area contributed by atoms with Crippen LogP contribution in [0.1, 0.15) is 45.1 Å². The summed E-state index contributed by atoms with van der Waals surface area (Å²) in [7, 11) is 0. The Hall–Kier alpha value is -4.00. The van der Waals surface area contributed by atoms with Crippen LogP contribution in [0.2, 0.25) is 0 Å². The third-order valence-corrected chi connectivity index (χ3v) is 5.28. The number of amides is 4. The van der Waals surface area contributed by atoms with E-state index in [-0.39, 0.29) is 25.2 Å². The smallest absolute Gasteiger partial charge is 0.326 e. The maximum absolute atomic E-state index is 12.9. The predicted octanol–water partition coefficient (Wildman–Crippen LogP) is -1.12. The molecular weight excluding hydrogens is 486 g/mol. The number of hydrogen-bond acceptors (Lipinski definition) is 7. The van der Waals surface area contributed by atoms with E-state index < -0.39 is 66.2 Å². The molecular formula is C24H35N5O8. The summed E-state index contributed by atoms with van der Waals surface area (Å²) in [5.74, 6) is -6.14. The number of carboxylic acid groups (broad SMARTS) is 2. The van der Waals surface area contributed by atoms with Crippen LogP contribution in [-0.4, -0.2) is 69.9 Å². The van der Waals surface area contributed by atoms with Crippen LogP contribution in [0.4, 0.5) is 0 Å². The van der Waals surface area contributed by atoms with Crippen molar-refractivity contribution >= 4 is 35.6 Å². The molecule has 0 bridgehead atoms. The highest BCUT2D eigenvalue weighted by Crippen LogP contribution is 2.07. The molecule has 37 heavy (non-hydrogen) atoms. The van der Waals surface area contributed by atoms with Crippen molar-refractivity contribution in [3.8, 4) is 0 Å². The topological polar surface area (TPSA) is 231 Å². The number of nitrogens with one attached hydrogen (secondary N) is 3. The van der Waals surface area contributed by atoms with E-state index in [4.69, 9.17) is 11.5 Å². The van der Waals surface area contributed by atoms with Gasteiger partial charge < -0.3 is 37.6 Å². The number of hydrogen-bond donors (Lipinski definition) is 7. The molecule has 1 aromatic carbocycles. The van der Waals surface area contributed by atoms with Crippen molar-refractivity contribution in [2.24, 2.45) is 17.4 Å². The number of benzene rings is 1. The van der Waals surface area contributed by atoms with Crippen LogP contribution >= 0.6 is 0 Å². The monoisotopic (exact) mass is 521 g/mol. The van der Waals surface area contributed by atoms with Crippen LogP contribution in [0.15, 0.2) is 30.3 Å². The molecule has 1 rings (SSSR count).